The Labute approximate surface area is 105 Å². The molecule has 0 bridgehead atoms. The molecule has 18 heavy (non-hydrogen) atoms. The molecule has 2 nitrogen and oxygen atoms in total. The third-order valence-electron chi connectivity index (χ3n) is 4.21. The summed E-state index contributed by atoms with van der Waals surface area (Å²) in [5.41, 5.74) is 0. The lowest BCUT2D eigenvalue weighted by Gasteiger charge is -2.30. The number of hydrogen-bond donors (Lipinski definition) is 1. The highest BCUT2D eigenvalue weighted by molar-refractivity contribution is 5.79. The van der Waals surface area contributed by atoms with E-state index in [2.05, 4.69) is 5.32 Å². The molecule has 0 aromatic carbocycles. The molecule has 0 aromatic rings. The highest BCUT2D eigenvalue weighted by Crippen LogP contribution is 2.40. The van der Waals surface area contributed by atoms with Crippen molar-refractivity contribution in [2.24, 2.45) is 11.8 Å². The van der Waals surface area contributed by atoms with Gasteiger partial charge in [-0.2, -0.15) is 13.2 Å². The lowest BCUT2D eigenvalue weighted by molar-refractivity contribution is -0.186. The van der Waals surface area contributed by atoms with Crippen molar-refractivity contribution in [3.8, 4) is 0 Å². The maximum atomic E-state index is 12.7. The monoisotopic (exact) mass is 263 g/mol. The number of rotatable bonds is 2. The SMILES string of the molecule is O=C(NC1CCCC1)C1CCCC(C(F)(F)F)C1. The summed E-state index contributed by atoms with van der Waals surface area (Å²) < 4.78 is 38.0. The normalized spacial score (nSPS) is 30.4. The van der Waals surface area contributed by atoms with Crippen LogP contribution < -0.4 is 5.32 Å². The number of carbonyl (C=O) groups is 1. The number of nitrogens with one attached hydrogen (secondary N) is 1. The minimum Gasteiger partial charge on any atom is -0.353 e. The van der Waals surface area contributed by atoms with Crippen molar-refractivity contribution in [2.45, 2.75) is 63.6 Å². The van der Waals surface area contributed by atoms with Crippen molar-refractivity contribution in [1.29, 1.82) is 0 Å². The molecule has 2 fully saturated rings. The van der Waals surface area contributed by atoms with Crippen LogP contribution >= 0.6 is 0 Å². The fraction of sp³-hybridized carbons (Fsp3) is 0.923. The van der Waals surface area contributed by atoms with Gasteiger partial charge in [0.25, 0.3) is 0 Å². The van der Waals surface area contributed by atoms with Crippen molar-refractivity contribution in [3.63, 3.8) is 0 Å². The summed E-state index contributed by atoms with van der Waals surface area (Å²) in [6.45, 7) is 0. The van der Waals surface area contributed by atoms with Gasteiger partial charge in [-0.3, -0.25) is 4.79 Å². The molecule has 0 heterocycles. The van der Waals surface area contributed by atoms with Crippen molar-refractivity contribution >= 4 is 5.91 Å². The van der Waals surface area contributed by atoms with Gasteiger partial charge < -0.3 is 5.32 Å². The van der Waals surface area contributed by atoms with Gasteiger partial charge in [-0.05, 0) is 32.1 Å². The van der Waals surface area contributed by atoms with E-state index in [9.17, 15) is 18.0 Å². The van der Waals surface area contributed by atoms with Gasteiger partial charge in [0.2, 0.25) is 5.91 Å². The third-order valence-corrected chi connectivity index (χ3v) is 4.21. The summed E-state index contributed by atoms with van der Waals surface area (Å²) in [5, 5.41) is 2.91. The summed E-state index contributed by atoms with van der Waals surface area (Å²) in [7, 11) is 0. The smallest absolute Gasteiger partial charge is 0.353 e. The van der Waals surface area contributed by atoms with E-state index in [1.807, 2.05) is 0 Å². The second-order valence-electron chi connectivity index (χ2n) is 5.59. The topological polar surface area (TPSA) is 29.1 Å². The molecule has 1 amide bonds. The Kier molecular flexibility index (Phi) is 4.17. The molecule has 1 N–H and O–H groups in total. The van der Waals surface area contributed by atoms with Gasteiger partial charge in [0.1, 0.15) is 0 Å². The molecule has 0 aromatic heterocycles. The summed E-state index contributed by atoms with van der Waals surface area (Å²) in [5.74, 6) is -1.88. The largest absolute Gasteiger partial charge is 0.391 e. The molecule has 5 heteroatoms. The van der Waals surface area contributed by atoms with Gasteiger partial charge in [0.15, 0.2) is 0 Å². The first-order valence-corrected chi connectivity index (χ1v) is 6.84. The van der Waals surface area contributed by atoms with Crippen LogP contribution in [-0.2, 0) is 4.79 Å². The summed E-state index contributed by atoms with van der Waals surface area (Å²) in [4.78, 5) is 11.9. The van der Waals surface area contributed by atoms with Gasteiger partial charge in [0.05, 0.1) is 5.92 Å². The summed E-state index contributed by atoms with van der Waals surface area (Å²) >= 11 is 0. The molecule has 2 unspecified atom stereocenters. The molecule has 2 atom stereocenters. The predicted molar refractivity (Wildman–Crippen MR) is 61.9 cm³/mol. The highest BCUT2D eigenvalue weighted by atomic mass is 19.4. The Morgan fingerprint density at radius 2 is 1.67 bits per heavy atom. The molecule has 0 saturated heterocycles. The van der Waals surface area contributed by atoms with Crippen LogP contribution in [0.1, 0.15) is 51.4 Å². The molecule has 2 aliphatic carbocycles. The van der Waals surface area contributed by atoms with Crippen LogP contribution in [0.15, 0.2) is 0 Å². The van der Waals surface area contributed by atoms with Crippen LogP contribution in [0.5, 0.6) is 0 Å². The third kappa shape index (κ3) is 3.39. The van der Waals surface area contributed by atoms with E-state index >= 15 is 0 Å². The molecule has 104 valence electrons. The Morgan fingerprint density at radius 1 is 1.00 bits per heavy atom. The molecular formula is C13H20F3NO. The predicted octanol–water partition coefficient (Wildman–Crippen LogP) is 3.41. The van der Waals surface area contributed by atoms with Crippen molar-refractivity contribution in [2.75, 3.05) is 0 Å². The van der Waals surface area contributed by atoms with E-state index in [1.165, 1.54) is 0 Å². The first-order valence-electron chi connectivity index (χ1n) is 6.84. The standard InChI is InChI=1S/C13H20F3NO/c14-13(15,16)10-5-3-4-9(8-10)12(18)17-11-6-1-2-7-11/h9-11H,1-8H2,(H,17,18). The Balaban J connectivity index is 1.86. The highest BCUT2D eigenvalue weighted by Gasteiger charge is 2.43. The van der Waals surface area contributed by atoms with Gasteiger partial charge in [0, 0.05) is 12.0 Å². The van der Waals surface area contributed by atoms with Gasteiger partial charge in [-0.1, -0.05) is 19.3 Å². The minimum absolute atomic E-state index is 0.0257. The quantitative estimate of drug-likeness (QED) is 0.812. The fourth-order valence-electron chi connectivity index (χ4n) is 3.11. The number of alkyl halides is 3. The Hall–Kier alpha value is -0.740. The molecular weight excluding hydrogens is 243 g/mol. The Morgan fingerprint density at radius 3 is 2.28 bits per heavy atom. The lowest BCUT2D eigenvalue weighted by Crippen LogP contribution is -2.41. The Bertz CT molecular complexity index is 297. The number of hydrogen-bond acceptors (Lipinski definition) is 1. The zero-order valence-electron chi connectivity index (χ0n) is 10.4. The van der Waals surface area contributed by atoms with Gasteiger partial charge in [-0.15, -0.1) is 0 Å². The zero-order chi connectivity index (χ0) is 13.2. The van der Waals surface area contributed by atoms with Crippen molar-refractivity contribution in [3.05, 3.63) is 0 Å². The number of amides is 1. The van der Waals surface area contributed by atoms with Gasteiger partial charge in [-0.25, -0.2) is 0 Å². The zero-order valence-corrected chi connectivity index (χ0v) is 10.4. The van der Waals surface area contributed by atoms with Crippen molar-refractivity contribution < 1.29 is 18.0 Å². The molecule has 0 spiro atoms. The second-order valence-corrected chi connectivity index (χ2v) is 5.59. The number of carbonyl (C=O) groups excluding carboxylic acids is 1. The molecule has 2 saturated carbocycles. The molecule has 0 radical (unpaired) electrons. The maximum absolute atomic E-state index is 12.7. The second kappa shape index (κ2) is 5.49. The van der Waals surface area contributed by atoms with Crippen LogP contribution in [0.3, 0.4) is 0 Å². The fourth-order valence-corrected chi connectivity index (χ4v) is 3.11. The van der Waals surface area contributed by atoms with Crippen LogP contribution in [-0.4, -0.2) is 18.1 Å². The van der Waals surface area contributed by atoms with E-state index in [0.717, 1.165) is 25.7 Å². The lowest BCUT2D eigenvalue weighted by atomic mass is 9.80. The minimum atomic E-state index is -4.15. The van der Waals surface area contributed by atoms with Crippen LogP contribution in [0.4, 0.5) is 13.2 Å². The first kappa shape index (κ1) is 13.7. The van der Waals surface area contributed by atoms with Crippen LogP contribution in [0, 0.1) is 11.8 Å². The molecule has 2 aliphatic rings. The van der Waals surface area contributed by atoms with Crippen LogP contribution in [0.25, 0.3) is 0 Å². The van der Waals surface area contributed by atoms with E-state index < -0.39 is 18.0 Å². The average molecular weight is 263 g/mol. The molecule has 2 rings (SSSR count). The summed E-state index contributed by atoms with van der Waals surface area (Å²) in [6.07, 6.45) is 1.28. The van der Waals surface area contributed by atoms with E-state index in [1.54, 1.807) is 0 Å². The van der Waals surface area contributed by atoms with E-state index in [4.69, 9.17) is 0 Å². The van der Waals surface area contributed by atoms with Crippen molar-refractivity contribution in [1.82, 2.24) is 5.32 Å². The van der Waals surface area contributed by atoms with E-state index in [-0.39, 0.29) is 24.8 Å². The van der Waals surface area contributed by atoms with Crippen LogP contribution in [0.2, 0.25) is 0 Å². The van der Waals surface area contributed by atoms with Gasteiger partial charge >= 0.3 is 6.18 Å². The molecule has 0 aliphatic heterocycles. The first-order chi connectivity index (χ1) is 8.47. The maximum Gasteiger partial charge on any atom is 0.391 e. The number of halogens is 3. The summed E-state index contributed by atoms with van der Waals surface area (Å²) in [6, 6.07) is 0.198. The van der Waals surface area contributed by atoms with E-state index in [0.29, 0.717) is 12.8 Å². The average Bonchev–Trinajstić information content (AvgIpc) is 2.81.